The topological polar surface area (TPSA) is 45.1 Å². The molecule has 2 aromatic heterocycles. The molecule has 2 aromatic rings. The van der Waals surface area contributed by atoms with Gasteiger partial charge in [-0.3, -0.25) is 0 Å². The Bertz CT molecular complexity index is 558. The van der Waals surface area contributed by atoms with Gasteiger partial charge in [-0.25, -0.2) is 4.98 Å². The van der Waals surface area contributed by atoms with Gasteiger partial charge in [0.2, 0.25) is 0 Å². The van der Waals surface area contributed by atoms with Crippen molar-refractivity contribution in [3.63, 3.8) is 0 Å². The van der Waals surface area contributed by atoms with Crippen molar-refractivity contribution in [1.29, 1.82) is 0 Å². The number of hydrogen-bond acceptors (Lipinski definition) is 4. The lowest BCUT2D eigenvalue weighted by atomic mass is 9.79. The summed E-state index contributed by atoms with van der Waals surface area (Å²) >= 11 is 1.72. The highest BCUT2D eigenvalue weighted by molar-refractivity contribution is 7.17. The molecule has 4 heteroatoms. The van der Waals surface area contributed by atoms with Crippen LogP contribution in [0.4, 0.5) is 5.82 Å². The summed E-state index contributed by atoms with van der Waals surface area (Å²) in [5, 5.41) is 17.2. The number of nitrogens with zero attached hydrogens (tertiary/aromatic N) is 1. The third-order valence-corrected chi connectivity index (χ3v) is 5.05. The molecule has 0 amide bonds. The molecule has 1 aliphatic carbocycles. The fraction of sp³-hybridized carbons (Fsp3) is 0.533. The van der Waals surface area contributed by atoms with Crippen molar-refractivity contribution in [2.75, 3.05) is 11.9 Å². The Morgan fingerprint density at radius 3 is 3.00 bits per heavy atom. The number of rotatable bonds is 3. The van der Waals surface area contributed by atoms with Crippen molar-refractivity contribution in [3.05, 3.63) is 23.7 Å². The Morgan fingerprint density at radius 2 is 2.21 bits per heavy atom. The first-order chi connectivity index (χ1) is 9.16. The zero-order chi connectivity index (χ0) is 13.3. The maximum atomic E-state index is 10.6. The lowest BCUT2D eigenvalue weighted by molar-refractivity contribution is 0.00497. The normalized spacial score (nSPS) is 27.6. The zero-order valence-corrected chi connectivity index (χ0v) is 12.0. The van der Waals surface area contributed by atoms with Gasteiger partial charge in [0, 0.05) is 22.8 Å². The van der Waals surface area contributed by atoms with E-state index in [0.29, 0.717) is 6.54 Å². The van der Waals surface area contributed by atoms with Gasteiger partial charge in [-0.05, 0) is 49.1 Å². The molecule has 0 saturated heterocycles. The van der Waals surface area contributed by atoms with Gasteiger partial charge in [-0.2, -0.15) is 0 Å². The average molecular weight is 276 g/mol. The summed E-state index contributed by atoms with van der Waals surface area (Å²) in [5.74, 6) is 1.64. The van der Waals surface area contributed by atoms with E-state index in [9.17, 15) is 5.11 Å². The molecule has 19 heavy (non-hydrogen) atoms. The first-order valence-corrected chi connectivity index (χ1v) is 7.83. The SMILES string of the molecule is CC1CCC(O)(CNc2nccc3sccc23)CC1. The Morgan fingerprint density at radius 1 is 1.42 bits per heavy atom. The van der Waals surface area contributed by atoms with E-state index in [1.807, 2.05) is 12.3 Å². The minimum absolute atomic E-state index is 0.563. The van der Waals surface area contributed by atoms with Crippen LogP contribution in [0.3, 0.4) is 0 Å². The molecule has 0 spiro atoms. The van der Waals surface area contributed by atoms with Gasteiger partial charge < -0.3 is 10.4 Å². The van der Waals surface area contributed by atoms with Crippen LogP contribution in [-0.2, 0) is 0 Å². The van der Waals surface area contributed by atoms with Gasteiger partial charge in [-0.15, -0.1) is 11.3 Å². The molecule has 3 nitrogen and oxygen atoms in total. The quantitative estimate of drug-likeness (QED) is 0.899. The third kappa shape index (κ3) is 2.74. The number of nitrogens with one attached hydrogen (secondary N) is 1. The van der Waals surface area contributed by atoms with E-state index in [2.05, 4.69) is 28.7 Å². The number of aromatic nitrogens is 1. The summed E-state index contributed by atoms with van der Waals surface area (Å²) in [7, 11) is 0. The van der Waals surface area contributed by atoms with E-state index in [0.717, 1.165) is 42.8 Å². The lowest BCUT2D eigenvalue weighted by Gasteiger charge is -2.35. The maximum Gasteiger partial charge on any atom is 0.134 e. The molecule has 2 heterocycles. The van der Waals surface area contributed by atoms with E-state index in [-0.39, 0.29) is 0 Å². The van der Waals surface area contributed by atoms with Gasteiger partial charge in [0.1, 0.15) is 5.82 Å². The van der Waals surface area contributed by atoms with E-state index in [1.54, 1.807) is 11.3 Å². The number of thiophene rings is 1. The first kappa shape index (κ1) is 12.9. The zero-order valence-electron chi connectivity index (χ0n) is 11.2. The summed E-state index contributed by atoms with van der Waals surface area (Å²) in [6.07, 6.45) is 5.85. The average Bonchev–Trinajstić information content (AvgIpc) is 2.89. The van der Waals surface area contributed by atoms with Crippen LogP contribution in [0.15, 0.2) is 23.7 Å². The standard InChI is InChI=1S/C15H20N2OS/c1-11-2-6-15(18,7-3-11)10-17-14-12-5-9-19-13(12)4-8-16-14/h4-5,8-9,11,18H,2-3,6-7,10H2,1H3,(H,16,17). The highest BCUT2D eigenvalue weighted by atomic mass is 32.1. The molecule has 0 unspecified atom stereocenters. The first-order valence-electron chi connectivity index (χ1n) is 6.95. The molecule has 2 N–H and O–H groups in total. The van der Waals surface area contributed by atoms with Gasteiger partial charge in [-0.1, -0.05) is 6.92 Å². The highest BCUT2D eigenvalue weighted by Gasteiger charge is 2.31. The number of hydrogen-bond donors (Lipinski definition) is 2. The van der Waals surface area contributed by atoms with Crippen molar-refractivity contribution in [1.82, 2.24) is 4.98 Å². The smallest absolute Gasteiger partial charge is 0.134 e. The van der Waals surface area contributed by atoms with Crippen molar-refractivity contribution in [2.45, 2.75) is 38.2 Å². The van der Waals surface area contributed by atoms with E-state index >= 15 is 0 Å². The second kappa shape index (κ2) is 5.10. The number of pyridine rings is 1. The van der Waals surface area contributed by atoms with Crippen LogP contribution in [0.25, 0.3) is 10.1 Å². The lowest BCUT2D eigenvalue weighted by Crippen LogP contribution is -2.40. The molecule has 3 rings (SSSR count). The molecule has 0 bridgehead atoms. The van der Waals surface area contributed by atoms with Crippen molar-refractivity contribution < 1.29 is 5.11 Å². The van der Waals surface area contributed by atoms with Crippen LogP contribution >= 0.6 is 11.3 Å². The molecule has 0 atom stereocenters. The van der Waals surface area contributed by atoms with Crippen LogP contribution in [0.5, 0.6) is 0 Å². The van der Waals surface area contributed by atoms with Gasteiger partial charge in [0.15, 0.2) is 0 Å². The van der Waals surface area contributed by atoms with Crippen LogP contribution in [0, 0.1) is 5.92 Å². The minimum Gasteiger partial charge on any atom is -0.388 e. The van der Waals surface area contributed by atoms with Crippen molar-refractivity contribution in [3.8, 4) is 0 Å². The van der Waals surface area contributed by atoms with Crippen LogP contribution in [0.1, 0.15) is 32.6 Å². The van der Waals surface area contributed by atoms with E-state index < -0.39 is 5.60 Å². The van der Waals surface area contributed by atoms with Crippen molar-refractivity contribution in [2.24, 2.45) is 5.92 Å². The van der Waals surface area contributed by atoms with Gasteiger partial charge >= 0.3 is 0 Å². The molecule has 1 fully saturated rings. The maximum absolute atomic E-state index is 10.6. The predicted molar refractivity (Wildman–Crippen MR) is 80.7 cm³/mol. The number of fused-ring (bicyclic) bond motifs is 1. The van der Waals surface area contributed by atoms with E-state index in [4.69, 9.17) is 0 Å². The molecule has 1 aliphatic rings. The Labute approximate surface area is 117 Å². The summed E-state index contributed by atoms with van der Waals surface area (Å²) in [6, 6.07) is 4.12. The molecular weight excluding hydrogens is 256 g/mol. The second-order valence-corrected chi connectivity index (χ2v) is 6.70. The summed E-state index contributed by atoms with van der Waals surface area (Å²) in [6.45, 7) is 2.86. The summed E-state index contributed by atoms with van der Waals surface area (Å²) in [4.78, 5) is 4.39. The Balaban J connectivity index is 1.70. The molecular formula is C15H20N2OS. The summed E-state index contributed by atoms with van der Waals surface area (Å²) < 4.78 is 1.24. The van der Waals surface area contributed by atoms with Gasteiger partial charge in [0.25, 0.3) is 0 Å². The van der Waals surface area contributed by atoms with Crippen LogP contribution < -0.4 is 5.32 Å². The minimum atomic E-state index is -0.563. The third-order valence-electron chi connectivity index (χ3n) is 4.17. The fourth-order valence-corrected chi connectivity index (χ4v) is 3.54. The monoisotopic (exact) mass is 276 g/mol. The summed E-state index contributed by atoms with van der Waals surface area (Å²) in [5.41, 5.74) is -0.563. The van der Waals surface area contributed by atoms with E-state index in [1.165, 1.54) is 4.70 Å². The number of aliphatic hydroxyl groups is 1. The van der Waals surface area contributed by atoms with Gasteiger partial charge in [0.05, 0.1) is 5.60 Å². The fourth-order valence-electron chi connectivity index (χ4n) is 2.76. The number of anilines is 1. The second-order valence-electron chi connectivity index (χ2n) is 5.75. The molecule has 0 radical (unpaired) electrons. The highest BCUT2D eigenvalue weighted by Crippen LogP contribution is 2.32. The van der Waals surface area contributed by atoms with Crippen LogP contribution in [0.2, 0.25) is 0 Å². The molecule has 0 aliphatic heterocycles. The Hall–Kier alpha value is -1.13. The predicted octanol–water partition coefficient (Wildman–Crippen LogP) is 3.65. The molecule has 102 valence electrons. The largest absolute Gasteiger partial charge is 0.388 e. The van der Waals surface area contributed by atoms with Crippen LogP contribution in [-0.4, -0.2) is 22.2 Å². The molecule has 0 aromatic carbocycles. The Kier molecular flexibility index (Phi) is 3.46. The molecule has 1 saturated carbocycles. The van der Waals surface area contributed by atoms with Crippen molar-refractivity contribution >= 4 is 27.2 Å².